The molecule has 0 radical (unpaired) electrons. The van der Waals surface area contributed by atoms with E-state index in [-0.39, 0.29) is 18.8 Å². The van der Waals surface area contributed by atoms with Crippen molar-refractivity contribution in [2.24, 2.45) is 0 Å². The van der Waals surface area contributed by atoms with Crippen LogP contribution in [0.3, 0.4) is 0 Å². The van der Waals surface area contributed by atoms with Gasteiger partial charge in [-0.05, 0) is 46.1 Å². The van der Waals surface area contributed by atoms with E-state index in [4.69, 9.17) is 4.74 Å². The first-order chi connectivity index (χ1) is 8.75. The smallest absolute Gasteiger partial charge is 0.394 e. The molecule has 0 heterocycles. The number of nitrogens with one attached hydrogen (secondary N) is 1. The van der Waals surface area contributed by atoms with Gasteiger partial charge in [-0.3, -0.25) is 0 Å². The molecule has 116 valence electrons. The SMILES string of the molecule is CCCNC(C)(CO)CCCCOC(C)C(F)(F)F. The third-order valence-electron chi connectivity index (χ3n) is 3.10. The topological polar surface area (TPSA) is 41.5 Å². The van der Waals surface area contributed by atoms with E-state index in [0.29, 0.717) is 12.8 Å². The van der Waals surface area contributed by atoms with Gasteiger partial charge in [0.15, 0.2) is 6.10 Å². The van der Waals surface area contributed by atoms with Crippen LogP contribution in [-0.4, -0.2) is 42.7 Å². The summed E-state index contributed by atoms with van der Waals surface area (Å²) >= 11 is 0. The number of hydrogen-bond acceptors (Lipinski definition) is 3. The molecule has 2 N–H and O–H groups in total. The van der Waals surface area contributed by atoms with E-state index in [1.165, 1.54) is 0 Å². The van der Waals surface area contributed by atoms with Crippen LogP contribution < -0.4 is 5.32 Å². The van der Waals surface area contributed by atoms with Crippen LogP contribution in [-0.2, 0) is 4.74 Å². The first kappa shape index (κ1) is 18.7. The summed E-state index contributed by atoms with van der Waals surface area (Å²) in [5, 5.41) is 12.6. The molecule has 0 aromatic rings. The highest BCUT2D eigenvalue weighted by Gasteiger charge is 2.36. The summed E-state index contributed by atoms with van der Waals surface area (Å²) in [5.74, 6) is 0. The normalized spacial score (nSPS) is 17.2. The van der Waals surface area contributed by atoms with Gasteiger partial charge in [-0.2, -0.15) is 13.2 Å². The summed E-state index contributed by atoms with van der Waals surface area (Å²) in [7, 11) is 0. The zero-order chi connectivity index (χ0) is 14.9. The Balaban J connectivity index is 3.78. The maximum atomic E-state index is 12.2. The van der Waals surface area contributed by atoms with Crippen LogP contribution in [0.4, 0.5) is 13.2 Å². The molecule has 0 aliphatic rings. The quantitative estimate of drug-likeness (QED) is 0.606. The van der Waals surface area contributed by atoms with Crippen LogP contribution >= 0.6 is 0 Å². The van der Waals surface area contributed by atoms with E-state index in [1.54, 1.807) is 0 Å². The van der Waals surface area contributed by atoms with Gasteiger partial charge < -0.3 is 15.2 Å². The van der Waals surface area contributed by atoms with Crippen molar-refractivity contribution in [3.05, 3.63) is 0 Å². The van der Waals surface area contributed by atoms with E-state index in [0.717, 1.165) is 26.3 Å². The molecule has 2 atom stereocenters. The number of halogens is 3. The minimum Gasteiger partial charge on any atom is -0.394 e. The number of alkyl halides is 3. The molecule has 0 saturated carbocycles. The molecule has 3 nitrogen and oxygen atoms in total. The summed E-state index contributed by atoms with van der Waals surface area (Å²) in [4.78, 5) is 0. The van der Waals surface area contributed by atoms with Gasteiger partial charge in [0.2, 0.25) is 0 Å². The third-order valence-corrected chi connectivity index (χ3v) is 3.10. The van der Waals surface area contributed by atoms with Crippen LogP contribution in [0, 0.1) is 0 Å². The lowest BCUT2D eigenvalue weighted by Gasteiger charge is -2.29. The fraction of sp³-hybridized carbons (Fsp3) is 1.00. The van der Waals surface area contributed by atoms with Crippen molar-refractivity contribution >= 4 is 0 Å². The van der Waals surface area contributed by atoms with Crippen molar-refractivity contribution in [3.8, 4) is 0 Å². The van der Waals surface area contributed by atoms with E-state index < -0.39 is 12.3 Å². The molecule has 0 saturated heterocycles. The maximum absolute atomic E-state index is 12.2. The summed E-state index contributed by atoms with van der Waals surface area (Å²) in [6, 6.07) is 0. The van der Waals surface area contributed by atoms with E-state index in [9.17, 15) is 18.3 Å². The molecule has 0 aliphatic carbocycles. The average Bonchev–Trinajstić information content (AvgIpc) is 2.34. The Morgan fingerprint density at radius 2 is 1.89 bits per heavy atom. The van der Waals surface area contributed by atoms with Gasteiger partial charge in [-0.1, -0.05) is 6.92 Å². The minimum atomic E-state index is -4.29. The molecule has 6 heteroatoms. The Morgan fingerprint density at radius 1 is 1.26 bits per heavy atom. The molecule has 0 spiro atoms. The average molecular weight is 285 g/mol. The summed E-state index contributed by atoms with van der Waals surface area (Å²) in [5.41, 5.74) is -0.356. The van der Waals surface area contributed by atoms with Gasteiger partial charge in [-0.25, -0.2) is 0 Å². The van der Waals surface area contributed by atoms with Crippen molar-refractivity contribution < 1.29 is 23.0 Å². The standard InChI is InChI=1S/C13H26F3NO2/c1-4-8-17-12(3,10-18)7-5-6-9-19-11(2)13(14,15)16/h11,17-18H,4-10H2,1-3H3. The number of aliphatic hydroxyl groups is 1. The zero-order valence-corrected chi connectivity index (χ0v) is 12.0. The fourth-order valence-electron chi connectivity index (χ4n) is 1.62. The Bertz CT molecular complexity index is 236. The predicted molar refractivity (Wildman–Crippen MR) is 69.1 cm³/mol. The van der Waals surface area contributed by atoms with E-state index >= 15 is 0 Å². The molecule has 2 unspecified atom stereocenters. The van der Waals surface area contributed by atoms with Gasteiger partial charge >= 0.3 is 6.18 Å². The first-order valence-electron chi connectivity index (χ1n) is 6.79. The van der Waals surface area contributed by atoms with Gasteiger partial charge in [0.25, 0.3) is 0 Å². The van der Waals surface area contributed by atoms with Crippen molar-refractivity contribution in [3.63, 3.8) is 0 Å². The van der Waals surface area contributed by atoms with Crippen molar-refractivity contribution in [1.82, 2.24) is 5.32 Å². The largest absolute Gasteiger partial charge is 0.414 e. The number of ether oxygens (including phenoxy) is 1. The highest BCUT2D eigenvalue weighted by molar-refractivity contribution is 4.81. The Kier molecular flexibility index (Phi) is 8.61. The summed E-state index contributed by atoms with van der Waals surface area (Å²) in [6.45, 7) is 5.90. The van der Waals surface area contributed by atoms with Crippen LogP contribution in [0.1, 0.15) is 46.5 Å². The van der Waals surface area contributed by atoms with E-state index in [1.807, 2.05) is 13.8 Å². The second-order valence-corrected chi connectivity index (χ2v) is 5.16. The van der Waals surface area contributed by atoms with Crippen LogP contribution in [0.25, 0.3) is 0 Å². The zero-order valence-electron chi connectivity index (χ0n) is 12.0. The van der Waals surface area contributed by atoms with Crippen molar-refractivity contribution in [2.75, 3.05) is 19.8 Å². The van der Waals surface area contributed by atoms with Crippen LogP contribution in [0.2, 0.25) is 0 Å². The molecule has 0 rings (SSSR count). The molecule has 0 aliphatic heterocycles. The molecule has 0 aromatic heterocycles. The molecule has 0 fully saturated rings. The highest BCUT2D eigenvalue weighted by atomic mass is 19.4. The molecular formula is C13H26F3NO2. The molecule has 0 aromatic carbocycles. The van der Waals surface area contributed by atoms with Crippen LogP contribution in [0.15, 0.2) is 0 Å². The number of rotatable bonds is 10. The number of hydrogen-bond donors (Lipinski definition) is 2. The maximum Gasteiger partial charge on any atom is 0.414 e. The Morgan fingerprint density at radius 3 is 2.37 bits per heavy atom. The second kappa shape index (κ2) is 8.76. The molecule has 0 amide bonds. The molecular weight excluding hydrogens is 259 g/mol. The van der Waals surface area contributed by atoms with Crippen molar-refractivity contribution in [2.45, 2.75) is 64.3 Å². The van der Waals surface area contributed by atoms with E-state index in [2.05, 4.69) is 5.32 Å². The Hall–Kier alpha value is -0.330. The number of unbranched alkanes of at least 4 members (excludes halogenated alkanes) is 1. The summed E-state index contributed by atoms with van der Waals surface area (Å²) in [6.07, 6.45) is -3.03. The van der Waals surface area contributed by atoms with Gasteiger partial charge in [0, 0.05) is 12.1 Å². The molecule has 0 bridgehead atoms. The lowest BCUT2D eigenvalue weighted by Crippen LogP contribution is -2.46. The minimum absolute atomic E-state index is 0.0206. The predicted octanol–water partition coefficient (Wildman–Crippen LogP) is 2.87. The molecule has 19 heavy (non-hydrogen) atoms. The van der Waals surface area contributed by atoms with Crippen molar-refractivity contribution in [1.29, 1.82) is 0 Å². The monoisotopic (exact) mass is 285 g/mol. The van der Waals surface area contributed by atoms with Gasteiger partial charge in [0.1, 0.15) is 0 Å². The third kappa shape index (κ3) is 8.44. The lowest BCUT2D eigenvalue weighted by atomic mass is 9.95. The fourth-order valence-corrected chi connectivity index (χ4v) is 1.62. The number of aliphatic hydroxyl groups excluding tert-OH is 1. The Labute approximate surface area is 113 Å². The highest BCUT2D eigenvalue weighted by Crippen LogP contribution is 2.22. The van der Waals surface area contributed by atoms with Gasteiger partial charge in [-0.15, -0.1) is 0 Å². The first-order valence-corrected chi connectivity index (χ1v) is 6.79. The summed E-state index contributed by atoms with van der Waals surface area (Å²) < 4.78 is 41.2. The van der Waals surface area contributed by atoms with Crippen LogP contribution in [0.5, 0.6) is 0 Å². The lowest BCUT2D eigenvalue weighted by molar-refractivity contribution is -0.214. The second-order valence-electron chi connectivity index (χ2n) is 5.16. The van der Waals surface area contributed by atoms with Gasteiger partial charge in [0.05, 0.1) is 6.61 Å².